The van der Waals surface area contributed by atoms with Crippen molar-refractivity contribution < 1.29 is 22.7 Å². The van der Waals surface area contributed by atoms with Crippen molar-refractivity contribution in [3.63, 3.8) is 0 Å². The van der Waals surface area contributed by atoms with Gasteiger partial charge in [0.15, 0.2) is 15.6 Å². The highest BCUT2D eigenvalue weighted by molar-refractivity contribution is 7.92. The molecule has 2 aromatic carbocycles. The van der Waals surface area contributed by atoms with Crippen LogP contribution in [-0.4, -0.2) is 50.8 Å². The molecule has 2 aromatic heterocycles. The third-order valence-corrected chi connectivity index (χ3v) is 9.40. The molecule has 2 heterocycles. The summed E-state index contributed by atoms with van der Waals surface area (Å²) in [4.78, 5) is 12.2. The number of Topliss-reactive ketones (excluding diaryl/α,β-unsaturated/α-hetero) is 1. The Kier molecular flexibility index (Phi) is 8.66. The number of hydrogen-bond donors (Lipinski definition) is 1. The van der Waals surface area contributed by atoms with Crippen LogP contribution in [0.15, 0.2) is 58.8 Å². The molecule has 0 saturated heterocycles. The molecule has 0 saturated carbocycles. The summed E-state index contributed by atoms with van der Waals surface area (Å²) < 4.78 is 39.1. The molecule has 0 aliphatic heterocycles. The summed E-state index contributed by atoms with van der Waals surface area (Å²) in [7, 11) is -0.584. The van der Waals surface area contributed by atoms with Gasteiger partial charge in [0.05, 0.1) is 47.2 Å². The van der Waals surface area contributed by atoms with Crippen molar-refractivity contribution in [1.29, 1.82) is 0 Å². The van der Waals surface area contributed by atoms with E-state index in [0.717, 1.165) is 28.0 Å². The number of ether oxygens (including phenoxy) is 2. The van der Waals surface area contributed by atoms with Gasteiger partial charge in [-0.15, -0.1) is 11.3 Å². The molecule has 37 heavy (non-hydrogen) atoms. The molecule has 4 aromatic rings. The molecule has 0 aliphatic carbocycles. The van der Waals surface area contributed by atoms with Crippen LogP contribution in [0.4, 0.5) is 0 Å². The number of nitrogens with two attached hydrogens (primary N) is 1. The Morgan fingerprint density at radius 2 is 1.89 bits per heavy atom. The van der Waals surface area contributed by atoms with Crippen molar-refractivity contribution in [2.75, 3.05) is 20.8 Å². The average molecular weight is 562 g/mol. The van der Waals surface area contributed by atoms with E-state index in [2.05, 4.69) is 0 Å². The quantitative estimate of drug-likeness (QED) is 0.275. The van der Waals surface area contributed by atoms with Gasteiger partial charge in [-0.1, -0.05) is 41.9 Å². The van der Waals surface area contributed by atoms with E-state index in [4.69, 9.17) is 31.9 Å². The number of benzene rings is 2. The standard InChI is InChI=1S/C26H28ClN3O5S2/c1-34-15-19(28)22(31)10-9-17-5-3-6-18(13-17)14-30-21-7-4-8-23(35-2)26(21)20(29-30)16-37(32,33)25-12-11-24(27)36-25/h3-8,11-13,19H,9-10,14-16,28H2,1-2H3. The number of rotatable bonds is 12. The lowest BCUT2D eigenvalue weighted by Gasteiger charge is -2.10. The topological polar surface area (TPSA) is 114 Å². The molecular weight excluding hydrogens is 534 g/mol. The van der Waals surface area contributed by atoms with Crippen LogP contribution in [0.1, 0.15) is 23.2 Å². The lowest BCUT2D eigenvalue weighted by molar-refractivity contribution is -0.121. The predicted octanol–water partition coefficient (Wildman–Crippen LogP) is 4.26. The maximum Gasteiger partial charge on any atom is 0.193 e. The normalized spacial score (nSPS) is 12.6. The van der Waals surface area contributed by atoms with Gasteiger partial charge in [-0.2, -0.15) is 5.10 Å². The Bertz CT molecular complexity index is 1510. The summed E-state index contributed by atoms with van der Waals surface area (Å²) in [6.45, 7) is 0.617. The number of nitrogens with zero attached hydrogens (tertiary/aromatic N) is 2. The molecule has 1 unspecified atom stereocenters. The Balaban J connectivity index is 1.61. The van der Waals surface area contributed by atoms with Gasteiger partial charge in [-0.05, 0) is 41.8 Å². The van der Waals surface area contributed by atoms with Crippen LogP contribution < -0.4 is 10.5 Å². The molecule has 8 nitrogen and oxygen atoms in total. The highest BCUT2D eigenvalue weighted by atomic mass is 35.5. The van der Waals surface area contributed by atoms with E-state index < -0.39 is 15.9 Å². The van der Waals surface area contributed by atoms with Crippen molar-refractivity contribution in [2.24, 2.45) is 5.73 Å². The number of carbonyl (C=O) groups excluding carboxylic acids is 1. The van der Waals surface area contributed by atoms with Gasteiger partial charge in [0, 0.05) is 13.5 Å². The van der Waals surface area contributed by atoms with Crippen molar-refractivity contribution in [3.05, 3.63) is 75.8 Å². The molecule has 4 rings (SSSR count). The Labute approximate surface area is 224 Å². The van der Waals surface area contributed by atoms with Gasteiger partial charge in [-0.3, -0.25) is 9.48 Å². The highest BCUT2D eigenvalue weighted by Crippen LogP contribution is 2.33. The van der Waals surface area contributed by atoms with E-state index in [9.17, 15) is 13.2 Å². The molecule has 0 radical (unpaired) electrons. The van der Waals surface area contributed by atoms with Gasteiger partial charge in [-0.25, -0.2) is 8.42 Å². The molecule has 11 heteroatoms. The third kappa shape index (κ3) is 6.39. The number of methoxy groups -OCH3 is 2. The molecule has 0 fully saturated rings. The van der Waals surface area contributed by atoms with E-state index in [0.29, 0.717) is 40.6 Å². The number of aryl methyl sites for hydroxylation is 1. The van der Waals surface area contributed by atoms with Crippen LogP contribution in [0.5, 0.6) is 5.75 Å². The lowest BCUT2D eigenvalue weighted by Crippen LogP contribution is -2.34. The number of sulfone groups is 1. The molecule has 1 atom stereocenters. The smallest absolute Gasteiger partial charge is 0.193 e. The number of fused-ring (bicyclic) bond motifs is 1. The van der Waals surface area contributed by atoms with Crippen LogP contribution in [0.3, 0.4) is 0 Å². The zero-order valence-electron chi connectivity index (χ0n) is 20.5. The molecule has 0 bridgehead atoms. The molecule has 0 amide bonds. The monoisotopic (exact) mass is 561 g/mol. The number of hydrogen-bond acceptors (Lipinski definition) is 8. The molecule has 196 valence electrons. The molecular formula is C26H28ClN3O5S2. The minimum atomic E-state index is -3.65. The summed E-state index contributed by atoms with van der Waals surface area (Å²) in [6.07, 6.45) is 0.884. The van der Waals surface area contributed by atoms with Crippen LogP contribution >= 0.6 is 22.9 Å². The largest absolute Gasteiger partial charge is 0.496 e. The predicted molar refractivity (Wildman–Crippen MR) is 145 cm³/mol. The van der Waals surface area contributed by atoms with Gasteiger partial charge >= 0.3 is 0 Å². The second-order valence-corrected chi connectivity index (χ2v) is 12.6. The highest BCUT2D eigenvalue weighted by Gasteiger charge is 2.24. The van der Waals surface area contributed by atoms with Crippen LogP contribution in [-0.2, 0) is 38.1 Å². The van der Waals surface area contributed by atoms with E-state index in [-0.39, 0.29) is 22.4 Å². The molecule has 2 N–H and O–H groups in total. The van der Waals surface area contributed by atoms with Crippen LogP contribution in [0.2, 0.25) is 4.34 Å². The van der Waals surface area contributed by atoms with Crippen molar-refractivity contribution in [3.8, 4) is 5.75 Å². The second-order valence-electron chi connectivity index (χ2n) is 8.62. The summed E-state index contributed by atoms with van der Waals surface area (Å²) in [6, 6.07) is 15.9. The number of ketones is 1. The summed E-state index contributed by atoms with van der Waals surface area (Å²) >= 11 is 7.00. The lowest BCUT2D eigenvalue weighted by atomic mass is 10.0. The van der Waals surface area contributed by atoms with Gasteiger partial charge in [0.1, 0.15) is 15.7 Å². The second kappa shape index (κ2) is 11.7. The molecule has 0 aliphatic rings. The van der Waals surface area contributed by atoms with Gasteiger partial charge < -0.3 is 15.2 Å². The average Bonchev–Trinajstić information content (AvgIpc) is 3.47. The Morgan fingerprint density at radius 1 is 1.14 bits per heavy atom. The number of aromatic nitrogens is 2. The fourth-order valence-corrected chi connectivity index (χ4v) is 7.01. The van der Waals surface area contributed by atoms with Gasteiger partial charge in [0.2, 0.25) is 0 Å². The SMILES string of the molecule is COCC(N)C(=O)CCc1cccc(Cn2nc(CS(=O)(=O)c3ccc(Cl)s3)c3c(OC)cccc32)c1. The minimum absolute atomic E-state index is 0.0460. The number of carbonyl (C=O) groups is 1. The van der Waals surface area contributed by atoms with E-state index in [1.807, 2.05) is 36.4 Å². The zero-order chi connectivity index (χ0) is 26.6. The summed E-state index contributed by atoms with van der Waals surface area (Å²) in [5.41, 5.74) is 8.98. The van der Waals surface area contributed by atoms with Gasteiger partial charge in [0.25, 0.3) is 0 Å². The maximum absolute atomic E-state index is 13.1. The Morgan fingerprint density at radius 3 is 2.59 bits per heavy atom. The molecule has 0 spiro atoms. The maximum atomic E-state index is 13.1. The first-order valence-electron chi connectivity index (χ1n) is 11.6. The van der Waals surface area contributed by atoms with E-state index >= 15 is 0 Å². The Hall–Kier alpha value is -2.76. The third-order valence-electron chi connectivity index (χ3n) is 5.96. The van der Waals surface area contributed by atoms with Crippen molar-refractivity contribution in [1.82, 2.24) is 9.78 Å². The minimum Gasteiger partial charge on any atom is -0.496 e. The van der Waals surface area contributed by atoms with Crippen LogP contribution in [0, 0.1) is 0 Å². The number of halogens is 1. The summed E-state index contributed by atoms with van der Waals surface area (Å²) in [5.74, 6) is 0.227. The number of thiophene rings is 1. The zero-order valence-corrected chi connectivity index (χ0v) is 22.9. The first-order chi connectivity index (χ1) is 17.7. The van der Waals surface area contributed by atoms with Crippen molar-refractivity contribution >= 4 is 49.5 Å². The van der Waals surface area contributed by atoms with Crippen LogP contribution in [0.25, 0.3) is 10.9 Å². The first-order valence-corrected chi connectivity index (χ1v) is 14.4. The fraction of sp³-hybridized carbons (Fsp3) is 0.308. The fourth-order valence-electron chi connectivity index (χ4n) is 4.16. The first kappa shape index (κ1) is 27.3. The van der Waals surface area contributed by atoms with E-state index in [1.54, 1.807) is 23.9 Å². The summed E-state index contributed by atoms with van der Waals surface area (Å²) in [5, 5.41) is 5.36. The van der Waals surface area contributed by atoms with Crippen molar-refractivity contribution in [2.45, 2.75) is 35.4 Å². The van der Waals surface area contributed by atoms with E-state index in [1.165, 1.54) is 13.2 Å².